The molecule has 2 N–H and O–H groups in total. The summed E-state index contributed by atoms with van der Waals surface area (Å²) in [5.41, 5.74) is 2.05. The molecule has 0 unspecified atom stereocenters. The number of benzene rings is 2. The van der Waals surface area contributed by atoms with Gasteiger partial charge in [-0.05, 0) is 36.8 Å². The van der Waals surface area contributed by atoms with E-state index in [9.17, 15) is 21.6 Å². The Morgan fingerprint density at radius 1 is 1.18 bits per heavy atom. The Kier molecular flexibility index (Phi) is 7.78. The van der Waals surface area contributed by atoms with Crippen LogP contribution in [0.3, 0.4) is 0 Å². The number of aryl methyl sites for hydroxylation is 1. The Bertz CT molecular complexity index is 1310. The predicted molar refractivity (Wildman–Crippen MR) is 127 cm³/mol. The first-order chi connectivity index (χ1) is 15.8. The van der Waals surface area contributed by atoms with Gasteiger partial charge in [-0.15, -0.1) is 0 Å². The number of carbonyl (C=O) groups excluding carboxylic acids is 1. The number of anilines is 1. The summed E-state index contributed by atoms with van der Waals surface area (Å²) in [6.07, 6.45) is 0.715. The number of sulfone groups is 1. The van der Waals surface area contributed by atoms with Crippen molar-refractivity contribution in [2.45, 2.75) is 17.6 Å². The molecule has 0 amide bonds. The van der Waals surface area contributed by atoms with Crippen molar-refractivity contribution >= 4 is 43.2 Å². The van der Waals surface area contributed by atoms with Crippen LogP contribution < -0.4 is 15.0 Å². The summed E-state index contributed by atoms with van der Waals surface area (Å²) in [4.78, 5) is 14.1. The summed E-state index contributed by atoms with van der Waals surface area (Å²) >= 11 is 6.52. The van der Waals surface area contributed by atoms with E-state index in [0.29, 0.717) is 28.2 Å². The van der Waals surface area contributed by atoms with E-state index in [-0.39, 0.29) is 22.0 Å². The monoisotopic (exact) mass is 532 g/mol. The molecule has 0 aliphatic carbocycles. The van der Waals surface area contributed by atoms with Crippen molar-refractivity contribution in [3.05, 3.63) is 46.0 Å². The van der Waals surface area contributed by atoms with E-state index in [4.69, 9.17) is 25.6 Å². The number of hydrogen-bond acceptors (Lipinski definition) is 9. The Hall–Kier alpha value is -2.38. The number of fused-ring (bicyclic) bond motifs is 2. The molecule has 34 heavy (non-hydrogen) atoms. The minimum atomic E-state index is -3.77. The van der Waals surface area contributed by atoms with Gasteiger partial charge in [0.15, 0.2) is 9.84 Å². The standard InChI is InChI=1S/C20H21ClN2O5S.CH4O3S/c1-12-7-13(20(24)27-2)9-17-18(12)28-19-14(11-29(17,25)26)8-15(10-16(19)21)23-5-3-22-4-6-23;1-5(2,3)4/h7-10,22H,3-6,11H2,1-2H3;1H3,(H,2,3,4). The van der Waals surface area contributed by atoms with Gasteiger partial charge in [0.1, 0.15) is 16.4 Å². The van der Waals surface area contributed by atoms with E-state index in [1.165, 1.54) is 13.2 Å². The fourth-order valence-electron chi connectivity index (χ4n) is 3.69. The third-order valence-electron chi connectivity index (χ3n) is 5.13. The lowest BCUT2D eigenvalue weighted by Crippen LogP contribution is -2.43. The van der Waals surface area contributed by atoms with Crippen LogP contribution >= 0.6 is 11.6 Å². The molecule has 4 rings (SSSR count). The largest absolute Gasteiger partial charge is 0.465 e. The minimum Gasteiger partial charge on any atom is -0.465 e. The highest BCUT2D eigenvalue weighted by Crippen LogP contribution is 2.45. The van der Waals surface area contributed by atoms with Crippen molar-refractivity contribution in [1.82, 2.24) is 5.32 Å². The number of halogens is 1. The number of hydrogen-bond donors (Lipinski definition) is 2. The minimum absolute atomic E-state index is 0.0334. The van der Waals surface area contributed by atoms with Crippen LogP contribution in [0.2, 0.25) is 5.02 Å². The Labute approximate surface area is 203 Å². The number of ether oxygens (including phenoxy) is 2. The molecule has 0 spiro atoms. The van der Waals surface area contributed by atoms with Gasteiger partial charge >= 0.3 is 5.97 Å². The fraction of sp³-hybridized carbons (Fsp3) is 0.381. The third-order valence-corrected chi connectivity index (χ3v) is 7.08. The van der Waals surface area contributed by atoms with Crippen molar-refractivity contribution in [1.29, 1.82) is 0 Å². The Balaban J connectivity index is 0.000000588. The van der Waals surface area contributed by atoms with Crippen LogP contribution in [0.15, 0.2) is 29.2 Å². The van der Waals surface area contributed by atoms with Gasteiger partial charge in [0.25, 0.3) is 10.1 Å². The van der Waals surface area contributed by atoms with E-state index in [1.54, 1.807) is 13.0 Å². The summed E-state index contributed by atoms with van der Waals surface area (Å²) in [5.74, 6) is -0.346. The first kappa shape index (κ1) is 26.2. The van der Waals surface area contributed by atoms with Gasteiger partial charge in [-0.1, -0.05) is 11.6 Å². The van der Waals surface area contributed by atoms with Gasteiger partial charge in [0.2, 0.25) is 0 Å². The average Bonchev–Trinajstić information content (AvgIpc) is 2.86. The van der Waals surface area contributed by atoms with Crippen molar-refractivity contribution < 1.29 is 35.7 Å². The van der Waals surface area contributed by atoms with Crippen LogP contribution in [0, 0.1) is 6.92 Å². The van der Waals surface area contributed by atoms with Crippen LogP contribution in [0.4, 0.5) is 5.69 Å². The molecular formula is C21H25ClN2O8S2. The SMILES string of the molecule is COC(=O)c1cc(C)c2c(c1)S(=O)(=O)Cc1cc(N3CCNCC3)cc(Cl)c1O2.CS(=O)(=O)O. The highest BCUT2D eigenvalue weighted by atomic mass is 35.5. The molecule has 0 saturated carbocycles. The zero-order valence-corrected chi connectivity index (χ0v) is 21.2. The van der Waals surface area contributed by atoms with Crippen LogP contribution in [-0.4, -0.2) is 66.9 Å². The van der Waals surface area contributed by atoms with E-state index in [2.05, 4.69) is 10.2 Å². The maximum atomic E-state index is 13.2. The molecule has 1 saturated heterocycles. The topological polar surface area (TPSA) is 139 Å². The molecule has 2 aliphatic heterocycles. The van der Waals surface area contributed by atoms with E-state index < -0.39 is 25.9 Å². The Morgan fingerprint density at radius 3 is 2.38 bits per heavy atom. The van der Waals surface area contributed by atoms with Crippen molar-refractivity contribution in [3.63, 3.8) is 0 Å². The van der Waals surface area contributed by atoms with Gasteiger partial charge in [0.05, 0.1) is 29.7 Å². The van der Waals surface area contributed by atoms with E-state index in [0.717, 1.165) is 31.9 Å². The van der Waals surface area contributed by atoms with Crippen molar-refractivity contribution in [2.75, 3.05) is 44.4 Å². The lowest BCUT2D eigenvalue weighted by Gasteiger charge is -2.30. The second-order valence-electron chi connectivity index (χ2n) is 7.86. The second-order valence-corrected chi connectivity index (χ2v) is 11.7. The van der Waals surface area contributed by atoms with Crippen LogP contribution in [0.5, 0.6) is 11.5 Å². The summed E-state index contributed by atoms with van der Waals surface area (Å²) in [6, 6.07) is 6.49. The zero-order chi connectivity index (χ0) is 25.3. The number of rotatable bonds is 2. The number of nitrogens with zero attached hydrogens (tertiary/aromatic N) is 1. The van der Waals surface area contributed by atoms with Gasteiger partial charge < -0.3 is 19.7 Å². The molecule has 2 aromatic carbocycles. The predicted octanol–water partition coefficient (Wildman–Crippen LogP) is 2.43. The lowest BCUT2D eigenvalue weighted by atomic mass is 10.1. The highest BCUT2D eigenvalue weighted by Gasteiger charge is 2.31. The van der Waals surface area contributed by atoms with Gasteiger partial charge in [-0.3, -0.25) is 4.55 Å². The zero-order valence-electron chi connectivity index (χ0n) is 18.8. The maximum absolute atomic E-state index is 13.2. The Morgan fingerprint density at radius 2 is 1.79 bits per heavy atom. The molecule has 186 valence electrons. The first-order valence-electron chi connectivity index (χ1n) is 10.1. The number of piperazine rings is 1. The van der Waals surface area contributed by atoms with Gasteiger partial charge in [0, 0.05) is 37.4 Å². The summed E-state index contributed by atoms with van der Waals surface area (Å²) in [6.45, 7) is 5.01. The van der Waals surface area contributed by atoms with Crippen LogP contribution in [0.1, 0.15) is 21.5 Å². The van der Waals surface area contributed by atoms with Crippen molar-refractivity contribution in [2.24, 2.45) is 0 Å². The van der Waals surface area contributed by atoms with Gasteiger partial charge in [-0.2, -0.15) is 8.42 Å². The molecule has 10 nitrogen and oxygen atoms in total. The molecular weight excluding hydrogens is 508 g/mol. The molecule has 13 heteroatoms. The van der Waals surface area contributed by atoms with Gasteiger partial charge in [-0.25, -0.2) is 13.2 Å². The number of esters is 1. The third kappa shape index (κ3) is 6.19. The first-order valence-corrected chi connectivity index (χ1v) is 14.0. The maximum Gasteiger partial charge on any atom is 0.337 e. The molecule has 0 atom stereocenters. The van der Waals surface area contributed by atoms with Crippen LogP contribution in [-0.2, 0) is 30.4 Å². The van der Waals surface area contributed by atoms with Crippen LogP contribution in [0.25, 0.3) is 0 Å². The highest BCUT2D eigenvalue weighted by molar-refractivity contribution is 7.90. The molecule has 2 aliphatic rings. The summed E-state index contributed by atoms with van der Waals surface area (Å²) < 4.78 is 63.0. The van der Waals surface area contributed by atoms with Crippen molar-refractivity contribution in [3.8, 4) is 11.5 Å². The molecule has 1 fully saturated rings. The quantitative estimate of drug-likeness (QED) is 0.437. The normalized spacial score (nSPS) is 16.7. The number of nitrogens with one attached hydrogen (secondary N) is 1. The molecule has 0 bridgehead atoms. The van der Waals surface area contributed by atoms with E-state index in [1.807, 2.05) is 12.1 Å². The number of carbonyl (C=O) groups is 1. The smallest absolute Gasteiger partial charge is 0.337 e. The fourth-order valence-corrected chi connectivity index (χ4v) is 5.53. The molecule has 0 radical (unpaired) electrons. The molecule has 0 aromatic heterocycles. The summed E-state index contributed by atoms with van der Waals surface area (Å²) in [7, 11) is -6.18. The molecule has 2 heterocycles. The number of methoxy groups -OCH3 is 1. The van der Waals surface area contributed by atoms with E-state index >= 15 is 0 Å². The summed E-state index contributed by atoms with van der Waals surface area (Å²) in [5, 5.41) is 3.65. The lowest BCUT2D eigenvalue weighted by molar-refractivity contribution is 0.0600. The molecule has 2 aromatic rings. The average molecular weight is 533 g/mol. The second kappa shape index (κ2) is 10.1.